The van der Waals surface area contributed by atoms with E-state index >= 15 is 0 Å². The zero-order valence-electron chi connectivity index (χ0n) is 14.8. The molecular weight excluding hydrogens is 353 g/mol. The third-order valence-electron chi connectivity index (χ3n) is 3.91. The van der Waals surface area contributed by atoms with E-state index in [0.717, 1.165) is 11.1 Å². The molecular formula is C20H20FNO3S. The van der Waals surface area contributed by atoms with E-state index in [-0.39, 0.29) is 17.0 Å². The third-order valence-corrected chi connectivity index (χ3v) is 4.54. The molecule has 0 aliphatic carbocycles. The first kappa shape index (κ1) is 18.3. The largest absolute Gasteiger partial charge is 0.439 e. The molecule has 6 heteroatoms. The number of hydrogen-bond donors (Lipinski definition) is 1. The Morgan fingerprint density at radius 3 is 2.08 bits per heavy atom. The number of hydrogen-bond acceptors (Lipinski definition) is 4. The molecule has 136 valence electrons. The standard InChI is InChI=1S/C20H20FNO3S/c1-20(2,3)19-22-17(14-8-10-16(21)11-9-14)18(25-19)15-6-4-13(5-7-15)12-26(23)24/h4-11,26H,12H2,1-3H3. The molecule has 3 aromatic rings. The van der Waals surface area contributed by atoms with Crippen molar-refractivity contribution in [2.24, 2.45) is 0 Å². The van der Waals surface area contributed by atoms with Crippen molar-refractivity contribution >= 4 is 10.7 Å². The molecule has 0 amide bonds. The van der Waals surface area contributed by atoms with E-state index in [0.29, 0.717) is 22.9 Å². The molecule has 1 aromatic heterocycles. The van der Waals surface area contributed by atoms with E-state index < -0.39 is 10.7 Å². The van der Waals surface area contributed by atoms with Gasteiger partial charge in [0.2, 0.25) is 5.89 Å². The van der Waals surface area contributed by atoms with Gasteiger partial charge in [0.15, 0.2) is 5.76 Å². The fourth-order valence-electron chi connectivity index (χ4n) is 2.55. The Morgan fingerprint density at radius 2 is 1.54 bits per heavy atom. The molecule has 0 aliphatic rings. The Kier molecular flexibility index (Phi) is 4.96. The van der Waals surface area contributed by atoms with E-state index in [4.69, 9.17) is 4.42 Å². The molecule has 0 bridgehead atoms. The van der Waals surface area contributed by atoms with Crippen LogP contribution in [0, 0.1) is 5.82 Å². The summed E-state index contributed by atoms with van der Waals surface area (Å²) in [4.78, 5) is 4.64. The molecule has 1 heterocycles. The average Bonchev–Trinajstić information content (AvgIpc) is 3.01. The summed E-state index contributed by atoms with van der Waals surface area (Å²) >= 11 is 0. The molecule has 0 saturated heterocycles. The van der Waals surface area contributed by atoms with Crippen molar-refractivity contribution < 1.29 is 17.2 Å². The minimum Gasteiger partial charge on any atom is -0.439 e. The van der Waals surface area contributed by atoms with Crippen molar-refractivity contribution in [2.45, 2.75) is 31.9 Å². The van der Waals surface area contributed by atoms with Gasteiger partial charge in [-0.25, -0.2) is 17.8 Å². The number of halogens is 1. The number of nitrogens with zero attached hydrogens (tertiary/aromatic N) is 1. The van der Waals surface area contributed by atoms with Crippen LogP contribution in [0.15, 0.2) is 52.9 Å². The van der Waals surface area contributed by atoms with Crippen molar-refractivity contribution in [1.82, 2.24) is 4.98 Å². The Hall–Kier alpha value is -2.47. The highest BCUT2D eigenvalue weighted by Crippen LogP contribution is 2.36. The lowest BCUT2D eigenvalue weighted by atomic mass is 9.97. The third kappa shape index (κ3) is 4.02. The number of thiol groups is 1. The van der Waals surface area contributed by atoms with Crippen molar-refractivity contribution in [2.75, 3.05) is 0 Å². The van der Waals surface area contributed by atoms with Gasteiger partial charge in [0.1, 0.15) is 22.2 Å². The second kappa shape index (κ2) is 7.03. The highest BCUT2D eigenvalue weighted by molar-refractivity contribution is 7.71. The molecule has 0 spiro atoms. The first-order chi connectivity index (χ1) is 12.2. The Bertz CT molecular complexity index is 973. The van der Waals surface area contributed by atoms with Gasteiger partial charge < -0.3 is 4.42 Å². The molecule has 0 radical (unpaired) electrons. The summed E-state index contributed by atoms with van der Waals surface area (Å²) < 4.78 is 41.1. The summed E-state index contributed by atoms with van der Waals surface area (Å²) in [6.45, 7) is 6.01. The molecule has 2 aromatic carbocycles. The van der Waals surface area contributed by atoms with Gasteiger partial charge in [0.25, 0.3) is 0 Å². The van der Waals surface area contributed by atoms with Gasteiger partial charge in [-0.15, -0.1) is 0 Å². The number of benzene rings is 2. The lowest BCUT2D eigenvalue weighted by Crippen LogP contribution is -2.11. The predicted octanol–water partition coefficient (Wildman–Crippen LogP) is 4.56. The van der Waals surface area contributed by atoms with Gasteiger partial charge in [0.05, 0.1) is 5.75 Å². The van der Waals surface area contributed by atoms with Crippen molar-refractivity contribution in [3.05, 3.63) is 65.8 Å². The van der Waals surface area contributed by atoms with Gasteiger partial charge in [-0.1, -0.05) is 45.0 Å². The minimum atomic E-state index is -2.47. The number of oxazole rings is 1. The summed E-state index contributed by atoms with van der Waals surface area (Å²) in [7, 11) is -2.47. The van der Waals surface area contributed by atoms with Crippen LogP contribution in [-0.4, -0.2) is 13.4 Å². The molecule has 4 nitrogen and oxygen atoms in total. The lowest BCUT2D eigenvalue weighted by Gasteiger charge is -2.12. The van der Waals surface area contributed by atoms with Crippen LogP contribution in [-0.2, 0) is 21.9 Å². The van der Waals surface area contributed by atoms with Gasteiger partial charge >= 0.3 is 0 Å². The molecule has 0 N–H and O–H groups in total. The van der Waals surface area contributed by atoms with Crippen LogP contribution in [0.5, 0.6) is 0 Å². The zero-order chi connectivity index (χ0) is 18.9. The van der Waals surface area contributed by atoms with Gasteiger partial charge in [0, 0.05) is 16.5 Å². The highest BCUT2D eigenvalue weighted by Gasteiger charge is 2.25. The van der Waals surface area contributed by atoms with E-state index in [1.165, 1.54) is 12.1 Å². The minimum absolute atomic E-state index is 0.00405. The maximum Gasteiger partial charge on any atom is 0.200 e. The number of rotatable bonds is 4. The normalized spacial score (nSPS) is 11.9. The van der Waals surface area contributed by atoms with Crippen molar-refractivity contribution in [3.8, 4) is 22.6 Å². The van der Waals surface area contributed by atoms with E-state index in [1.54, 1.807) is 24.3 Å². The van der Waals surface area contributed by atoms with Crippen molar-refractivity contribution in [3.63, 3.8) is 0 Å². The fraction of sp³-hybridized carbons (Fsp3) is 0.250. The van der Waals surface area contributed by atoms with Crippen molar-refractivity contribution in [1.29, 1.82) is 0 Å². The highest BCUT2D eigenvalue weighted by atomic mass is 32.2. The van der Waals surface area contributed by atoms with Crippen LogP contribution < -0.4 is 0 Å². The fourth-order valence-corrected chi connectivity index (χ4v) is 3.06. The van der Waals surface area contributed by atoms with Crippen LogP contribution in [0.4, 0.5) is 4.39 Å². The van der Waals surface area contributed by atoms with E-state index in [2.05, 4.69) is 4.98 Å². The average molecular weight is 373 g/mol. The molecule has 26 heavy (non-hydrogen) atoms. The topological polar surface area (TPSA) is 60.2 Å². The van der Waals surface area contributed by atoms with Crippen LogP contribution in [0.25, 0.3) is 22.6 Å². The molecule has 3 rings (SSSR count). The van der Waals surface area contributed by atoms with Crippen LogP contribution >= 0.6 is 0 Å². The second-order valence-corrected chi connectivity index (χ2v) is 8.12. The van der Waals surface area contributed by atoms with Crippen LogP contribution in [0.2, 0.25) is 0 Å². The maximum atomic E-state index is 13.3. The SMILES string of the molecule is CC(C)(C)c1nc(-c2ccc(F)cc2)c(-c2ccc(C[SH](=O)=O)cc2)o1. The zero-order valence-corrected chi connectivity index (χ0v) is 15.7. The molecule has 0 atom stereocenters. The van der Waals surface area contributed by atoms with E-state index in [1.807, 2.05) is 32.9 Å². The smallest absolute Gasteiger partial charge is 0.200 e. The van der Waals surface area contributed by atoms with Gasteiger partial charge in [-0.2, -0.15) is 0 Å². The summed E-state index contributed by atoms with van der Waals surface area (Å²) in [5, 5.41) is 0. The predicted molar refractivity (Wildman–Crippen MR) is 100 cm³/mol. The molecule has 0 aliphatic heterocycles. The molecule has 0 unspecified atom stereocenters. The summed E-state index contributed by atoms with van der Waals surface area (Å²) in [6.07, 6.45) is 0. The number of aromatic nitrogens is 1. The first-order valence-corrected chi connectivity index (χ1v) is 9.58. The lowest BCUT2D eigenvalue weighted by molar-refractivity contribution is 0.399. The van der Waals surface area contributed by atoms with Gasteiger partial charge in [-0.05, 0) is 29.8 Å². The van der Waals surface area contributed by atoms with Crippen LogP contribution in [0.3, 0.4) is 0 Å². The Morgan fingerprint density at radius 1 is 0.962 bits per heavy atom. The Balaban J connectivity index is 2.10. The van der Waals surface area contributed by atoms with Gasteiger partial charge in [-0.3, -0.25) is 0 Å². The monoisotopic (exact) mass is 373 g/mol. The maximum absolute atomic E-state index is 13.3. The quantitative estimate of drug-likeness (QED) is 0.681. The van der Waals surface area contributed by atoms with E-state index in [9.17, 15) is 12.8 Å². The first-order valence-electron chi connectivity index (χ1n) is 8.22. The summed E-state index contributed by atoms with van der Waals surface area (Å²) in [5.41, 5.74) is 2.61. The summed E-state index contributed by atoms with van der Waals surface area (Å²) in [5.74, 6) is 0.855. The molecule has 0 saturated carbocycles. The summed E-state index contributed by atoms with van der Waals surface area (Å²) in [6, 6.07) is 13.3. The van der Waals surface area contributed by atoms with Crippen LogP contribution in [0.1, 0.15) is 32.2 Å². The Labute approximate surface area is 153 Å². The second-order valence-electron chi connectivity index (χ2n) is 7.14. The molecule has 0 fully saturated rings.